The third-order valence-electron chi connectivity index (χ3n) is 4.60. The second kappa shape index (κ2) is 7.60. The Kier molecular flexibility index (Phi) is 5.35. The van der Waals surface area contributed by atoms with Crippen LogP contribution >= 0.6 is 11.6 Å². The first-order valence-corrected chi connectivity index (χ1v) is 8.87. The third kappa shape index (κ3) is 3.34. The number of carbonyl (C=O) groups is 5. The summed E-state index contributed by atoms with van der Waals surface area (Å²) in [7, 11) is 1.48. The van der Waals surface area contributed by atoms with E-state index in [1.54, 1.807) is 12.1 Å². The summed E-state index contributed by atoms with van der Waals surface area (Å²) in [6.07, 6.45) is 1.02. The highest BCUT2D eigenvalue weighted by molar-refractivity contribution is 6.65. The van der Waals surface area contributed by atoms with E-state index in [0.717, 1.165) is 20.1 Å². The van der Waals surface area contributed by atoms with Gasteiger partial charge in [-0.3, -0.25) is 24.0 Å². The number of Topliss-reactive ketones (excluding diaryl/α,β-unsaturated/α-hetero) is 4. The fourth-order valence-corrected chi connectivity index (χ4v) is 3.51. The van der Waals surface area contributed by atoms with Gasteiger partial charge in [0.2, 0.25) is 11.6 Å². The van der Waals surface area contributed by atoms with Gasteiger partial charge in [0.05, 0.1) is 18.2 Å². The van der Waals surface area contributed by atoms with Crippen molar-refractivity contribution >= 4 is 46.1 Å². The number of rotatable bonds is 6. The van der Waals surface area contributed by atoms with Gasteiger partial charge in [0.25, 0.3) is 0 Å². The molecule has 0 N–H and O–H groups in total. The van der Waals surface area contributed by atoms with Crippen LogP contribution in [0.3, 0.4) is 0 Å². The standard InChI is InChI=1S/C21H15ClO7/c1-9(23)14(10(2)24)16-17(22)20(27)19(26)15-13(8-29-21(15)16)18(25)11-4-6-12(28-3)7-5-11/h4-8,14H,1-3H3. The lowest BCUT2D eigenvalue weighted by atomic mass is 9.82. The van der Waals surface area contributed by atoms with Gasteiger partial charge in [-0.15, -0.1) is 0 Å². The van der Waals surface area contributed by atoms with Gasteiger partial charge in [-0.1, -0.05) is 11.6 Å². The molecule has 29 heavy (non-hydrogen) atoms. The maximum Gasteiger partial charge on any atom is 0.245 e. The summed E-state index contributed by atoms with van der Waals surface area (Å²) in [4.78, 5) is 61.9. The predicted octanol–water partition coefficient (Wildman–Crippen LogP) is 3.03. The topological polar surface area (TPSA) is 108 Å². The van der Waals surface area contributed by atoms with E-state index in [-0.39, 0.29) is 28.0 Å². The van der Waals surface area contributed by atoms with Gasteiger partial charge in [0.1, 0.15) is 40.3 Å². The molecule has 1 heterocycles. The molecule has 3 rings (SSSR count). The molecule has 0 spiro atoms. The summed E-state index contributed by atoms with van der Waals surface area (Å²) in [6, 6.07) is 6.12. The van der Waals surface area contributed by atoms with Crippen molar-refractivity contribution in [3.8, 4) is 5.75 Å². The van der Waals surface area contributed by atoms with Crippen molar-refractivity contribution in [2.45, 2.75) is 13.8 Å². The van der Waals surface area contributed by atoms with E-state index in [4.69, 9.17) is 20.8 Å². The average Bonchev–Trinajstić information content (AvgIpc) is 3.13. The predicted molar refractivity (Wildman–Crippen MR) is 102 cm³/mol. The zero-order valence-electron chi connectivity index (χ0n) is 15.7. The molecule has 1 aliphatic rings. The zero-order chi connectivity index (χ0) is 21.5. The van der Waals surface area contributed by atoms with Gasteiger partial charge in [0.15, 0.2) is 5.78 Å². The fraction of sp³-hybridized carbons (Fsp3) is 0.190. The van der Waals surface area contributed by atoms with Crippen LogP contribution in [0, 0.1) is 5.92 Å². The van der Waals surface area contributed by atoms with E-state index in [1.807, 2.05) is 0 Å². The van der Waals surface area contributed by atoms with Crippen LogP contribution in [0.4, 0.5) is 0 Å². The van der Waals surface area contributed by atoms with Gasteiger partial charge in [-0.05, 0) is 38.1 Å². The van der Waals surface area contributed by atoms with Crippen LogP contribution in [0.15, 0.2) is 40.0 Å². The molecule has 0 saturated carbocycles. The minimum atomic E-state index is -1.38. The molecule has 0 saturated heterocycles. The average molecular weight is 415 g/mol. The summed E-state index contributed by atoms with van der Waals surface area (Å²) in [6.45, 7) is 2.33. The second-order valence-corrected chi connectivity index (χ2v) is 6.83. The largest absolute Gasteiger partial charge is 0.497 e. The molecule has 8 heteroatoms. The van der Waals surface area contributed by atoms with E-state index in [9.17, 15) is 24.0 Å². The minimum Gasteiger partial charge on any atom is -0.497 e. The monoisotopic (exact) mass is 414 g/mol. The van der Waals surface area contributed by atoms with Crippen LogP contribution < -0.4 is 4.74 Å². The van der Waals surface area contributed by atoms with Crippen molar-refractivity contribution in [3.05, 3.63) is 58.0 Å². The number of carbonyl (C=O) groups excluding carboxylic acids is 5. The van der Waals surface area contributed by atoms with Crippen LogP contribution in [0.2, 0.25) is 0 Å². The molecule has 0 bridgehead atoms. The first-order chi connectivity index (χ1) is 13.7. The van der Waals surface area contributed by atoms with Crippen molar-refractivity contribution in [3.63, 3.8) is 0 Å². The molecule has 0 aliphatic heterocycles. The number of furan rings is 1. The Morgan fingerprint density at radius 3 is 2.10 bits per heavy atom. The number of hydrogen-bond acceptors (Lipinski definition) is 7. The molecule has 1 aromatic carbocycles. The fourth-order valence-electron chi connectivity index (χ4n) is 3.23. The number of halogens is 1. The second-order valence-electron chi connectivity index (χ2n) is 6.45. The summed E-state index contributed by atoms with van der Waals surface area (Å²) >= 11 is 6.02. The molecule has 0 fully saturated rings. The Morgan fingerprint density at radius 1 is 1.00 bits per heavy atom. The molecule has 0 atom stereocenters. The van der Waals surface area contributed by atoms with Crippen LogP contribution in [-0.4, -0.2) is 36.0 Å². The number of benzene rings is 1. The van der Waals surface area contributed by atoms with Gasteiger partial charge < -0.3 is 9.15 Å². The van der Waals surface area contributed by atoms with Crippen molar-refractivity contribution in [2.24, 2.45) is 5.92 Å². The maximum absolute atomic E-state index is 12.9. The number of allylic oxidation sites excluding steroid dienone is 2. The number of ketones is 5. The van der Waals surface area contributed by atoms with Gasteiger partial charge in [0, 0.05) is 11.1 Å². The molecule has 0 amide bonds. The molecule has 0 unspecified atom stereocenters. The lowest BCUT2D eigenvalue weighted by molar-refractivity contribution is -0.127. The molecule has 0 radical (unpaired) electrons. The smallest absolute Gasteiger partial charge is 0.245 e. The first-order valence-electron chi connectivity index (χ1n) is 8.49. The molecular formula is C21H15ClO7. The Balaban J connectivity index is 2.18. The van der Waals surface area contributed by atoms with Crippen molar-refractivity contribution in [1.29, 1.82) is 0 Å². The van der Waals surface area contributed by atoms with E-state index < -0.39 is 39.9 Å². The highest BCUT2D eigenvalue weighted by Gasteiger charge is 2.43. The molecule has 1 aromatic heterocycles. The van der Waals surface area contributed by atoms with Gasteiger partial charge in [-0.2, -0.15) is 0 Å². The maximum atomic E-state index is 12.9. The molecule has 2 aromatic rings. The van der Waals surface area contributed by atoms with E-state index in [2.05, 4.69) is 0 Å². The number of hydrogen-bond donors (Lipinski definition) is 0. The Bertz CT molecular complexity index is 1090. The zero-order valence-corrected chi connectivity index (χ0v) is 16.5. The number of ether oxygens (including phenoxy) is 1. The Labute approximate surface area is 170 Å². The van der Waals surface area contributed by atoms with E-state index >= 15 is 0 Å². The molecular weight excluding hydrogens is 400 g/mol. The van der Waals surface area contributed by atoms with Crippen LogP contribution in [-0.2, 0) is 14.4 Å². The summed E-state index contributed by atoms with van der Waals surface area (Å²) in [5.41, 5.74) is -0.426. The van der Waals surface area contributed by atoms with Crippen LogP contribution in [0.25, 0.3) is 5.57 Å². The quantitative estimate of drug-likeness (QED) is 0.406. The highest BCUT2D eigenvalue weighted by Crippen LogP contribution is 2.40. The van der Waals surface area contributed by atoms with E-state index in [0.29, 0.717) is 5.75 Å². The third-order valence-corrected chi connectivity index (χ3v) is 4.98. The Hall–Kier alpha value is -3.32. The number of methoxy groups -OCH3 is 1. The number of fused-ring (bicyclic) bond motifs is 1. The van der Waals surface area contributed by atoms with Crippen molar-refractivity contribution < 1.29 is 33.1 Å². The molecule has 148 valence electrons. The normalized spacial score (nSPS) is 13.6. The molecule has 7 nitrogen and oxygen atoms in total. The minimum absolute atomic E-state index is 0.156. The lowest BCUT2D eigenvalue weighted by Crippen LogP contribution is -2.29. The molecule has 1 aliphatic carbocycles. The Morgan fingerprint density at radius 2 is 1.59 bits per heavy atom. The van der Waals surface area contributed by atoms with Gasteiger partial charge in [-0.25, -0.2) is 0 Å². The summed E-state index contributed by atoms with van der Waals surface area (Å²) < 4.78 is 10.4. The van der Waals surface area contributed by atoms with Gasteiger partial charge >= 0.3 is 0 Å². The lowest BCUT2D eigenvalue weighted by Gasteiger charge is -2.19. The van der Waals surface area contributed by atoms with E-state index in [1.165, 1.54) is 19.2 Å². The highest BCUT2D eigenvalue weighted by atomic mass is 35.5. The van der Waals surface area contributed by atoms with Crippen LogP contribution in [0.5, 0.6) is 5.75 Å². The van der Waals surface area contributed by atoms with Crippen molar-refractivity contribution in [1.82, 2.24) is 0 Å². The first kappa shape index (κ1) is 20.4. The SMILES string of the molecule is COc1ccc(C(=O)c2coc3c2C(=O)C(=O)C(Cl)=C3C(C(C)=O)C(C)=O)cc1. The van der Waals surface area contributed by atoms with Crippen molar-refractivity contribution in [2.75, 3.05) is 7.11 Å². The summed E-state index contributed by atoms with van der Waals surface area (Å²) in [5.74, 6) is -4.92. The van der Waals surface area contributed by atoms with Crippen LogP contribution in [0.1, 0.15) is 45.9 Å². The summed E-state index contributed by atoms with van der Waals surface area (Å²) in [5, 5.41) is -0.560.